The second kappa shape index (κ2) is 13.7. The predicted molar refractivity (Wildman–Crippen MR) is 160 cm³/mol. The molecule has 0 aliphatic heterocycles. The summed E-state index contributed by atoms with van der Waals surface area (Å²) >= 11 is 16.2. The van der Waals surface area contributed by atoms with Crippen LogP contribution < -0.4 is 9.62 Å². The standard InChI is InChI=1S/C28H30BrCl2N3O4S/c1-4-26(28(36)32-5-2)33(17-23-24(30)10-7-11-25(23)31)27(35)18-34(21-9-6-8-20(29)16-21)39(37,38)22-14-12-19(3)13-15-22/h6-16,26H,4-5,17-18H2,1-3H3,(H,32,36)/t26-/m0/s1. The fourth-order valence-corrected chi connectivity index (χ4v) is 6.37. The molecule has 39 heavy (non-hydrogen) atoms. The number of likely N-dealkylation sites (N-methyl/N-ethyl adjacent to an activating group) is 1. The maximum absolute atomic E-state index is 14.0. The van der Waals surface area contributed by atoms with E-state index in [4.69, 9.17) is 23.2 Å². The van der Waals surface area contributed by atoms with Gasteiger partial charge >= 0.3 is 0 Å². The highest BCUT2D eigenvalue weighted by atomic mass is 79.9. The largest absolute Gasteiger partial charge is 0.355 e. The first-order chi connectivity index (χ1) is 18.5. The molecule has 1 N–H and O–H groups in total. The molecule has 0 aliphatic carbocycles. The van der Waals surface area contributed by atoms with Crippen molar-refractivity contribution >= 4 is 66.7 Å². The summed E-state index contributed by atoms with van der Waals surface area (Å²) in [4.78, 5) is 28.4. The number of rotatable bonds is 11. The number of hydrogen-bond acceptors (Lipinski definition) is 4. The van der Waals surface area contributed by atoms with Crippen LogP contribution in [0.1, 0.15) is 31.4 Å². The van der Waals surface area contributed by atoms with Crippen molar-refractivity contribution in [3.8, 4) is 0 Å². The third-order valence-electron chi connectivity index (χ3n) is 6.11. The topological polar surface area (TPSA) is 86.8 Å². The zero-order valence-electron chi connectivity index (χ0n) is 21.8. The van der Waals surface area contributed by atoms with Crippen LogP contribution in [-0.2, 0) is 26.2 Å². The van der Waals surface area contributed by atoms with Crippen molar-refractivity contribution in [1.82, 2.24) is 10.2 Å². The number of amides is 2. The van der Waals surface area contributed by atoms with Crippen LogP contribution in [0.5, 0.6) is 0 Å². The molecule has 0 heterocycles. The number of nitrogens with zero attached hydrogens (tertiary/aromatic N) is 2. The highest BCUT2D eigenvalue weighted by molar-refractivity contribution is 9.10. The van der Waals surface area contributed by atoms with Crippen molar-refractivity contribution in [2.24, 2.45) is 0 Å². The van der Waals surface area contributed by atoms with Gasteiger partial charge in [0, 0.05) is 33.2 Å². The zero-order valence-corrected chi connectivity index (χ0v) is 25.7. The van der Waals surface area contributed by atoms with E-state index < -0.39 is 28.5 Å². The molecule has 1 atom stereocenters. The van der Waals surface area contributed by atoms with Gasteiger partial charge in [0.2, 0.25) is 11.8 Å². The average Bonchev–Trinajstić information content (AvgIpc) is 2.89. The van der Waals surface area contributed by atoms with Crippen LogP contribution in [-0.4, -0.2) is 44.3 Å². The van der Waals surface area contributed by atoms with E-state index in [2.05, 4.69) is 21.2 Å². The Morgan fingerprint density at radius 1 is 0.974 bits per heavy atom. The molecule has 0 saturated carbocycles. The maximum Gasteiger partial charge on any atom is 0.264 e. The molecular formula is C28H30BrCl2N3O4S. The van der Waals surface area contributed by atoms with E-state index in [0.29, 0.717) is 38.7 Å². The summed E-state index contributed by atoms with van der Waals surface area (Å²) in [5.74, 6) is -0.938. The molecule has 208 valence electrons. The van der Waals surface area contributed by atoms with Crippen LogP contribution in [0, 0.1) is 6.92 Å². The SMILES string of the molecule is CCNC(=O)[C@H](CC)N(Cc1c(Cl)cccc1Cl)C(=O)CN(c1cccc(Br)c1)S(=O)(=O)c1ccc(C)cc1. The number of aryl methyl sites for hydroxylation is 1. The molecule has 0 aliphatic rings. The molecule has 3 aromatic carbocycles. The lowest BCUT2D eigenvalue weighted by molar-refractivity contribution is -0.140. The monoisotopic (exact) mass is 653 g/mol. The predicted octanol–water partition coefficient (Wildman–Crippen LogP) is 6.20. The van der Waals surface area contributed by atoms with Gasteiger partial charge in [-0.3, -0.25) is 13.9 Å². The maximum atomic E-state index is 14.0. The first kappa shape index (κ1) is 30.9. The summed E-state index contributed by atoms with van der Waals surface area (Å²) in [5, 5.41) is 3.43. The molecular weight excluding hydrogens is 625 g/mol. The van der Waals surface area contributed by atoms with Gasteiger partial charge in [0.1, 0.15) is 12.6 Å². The fraction of sp³-hybridized carbons (Fsp3) is 0.286. The van der Waals surface area contributed by atoms with Gasteiger partial charge in [-0.25, -0.2) is 8.42 Å². The van der Waals surface area contributed by atoms with E-state index >= 15 is 0 Å². The molecule has 0 radical (unpaired) electrons. The van der Waals surface area contributed by atoms with Gasteiger partial charge in [-0.15, -0.1) is 0 Å². The molecule has 3 aromatic rings. The number of halogens is 3. The van der Waals surface area contributed by atoms with Gasteiger partial charge < -0.3 is 10.2 Å². The van der Waals surface area contributed by atoms with Crippen LogP contribution >= 0.6 is 39.1 Å². The number of sulfonamides is 1. The van der Waals surface area contributed by atoms with Gasteiger partial charge in [-0.2, -0.15) is 0 Å². The van der Waals surface area contributed by atoms with Gasteiger partial charge in [0.15, 0.2) is 0 Å². The Bertz CT molecular complexity index is 1410. The Hall–Kier alpha value is -2.59. The number of benzene rings is 3. The molecule has 2 amide bonds. The summed E-state index contributed by atoms with van der Waals surface area (Å²) in [6, 6.07) is 17.2. The Labute approximate surface area is 248 Å². The van der Waals surface area contributed by atoms with Gasteiger partial charge in [0.25, 0.3) is 10.0 Å². The first-order valence-corrected chi connectivity index (χ1v) is 15.3. The lowest BCUT2D eigenvalue weighted by Gasteiger charge is -2.33. The minimum absolute atomic E-state index is 0.0392. The highest BCUT2D eigenvalue weighted by Crippen LogP contribution is 2.29. The number of carbonyl (C=O) groups excluding carboxylic acids is 2. The van der Waals surface area contributed by atoms with Crippen LogP contribution in [0.2, 0.25) is 10.0 Å². The van der Waals surface area contributed by atoms with Gasteiger partial charge in [-0.05, 0) is 62.7 Å². The third kappa shape index (κ3) is 7.54. The third-order valence-corrected chi connectivity index (χ3v) is 9.10. The molecule has 3 rings (SSSR count). The van der Waals surface area contributed by atoms with Crippen molar-refractivity contribution in [3.63, 3.8) is 0 Å². The quantitative estimate of drug-likeness (QED) is 0.267. The number of hydrogen-bond donors (Lipinski definition) is 1. The fourth-order valence-electron chi connectivity index (χ4n) is 4.06. The summed E-state index contributed by atoms with van der Waals surface area (Å²) in [6.45, 7) is 5.16. The lowest BCUT2D eigenvalue weighted by Crippen LogP contribution is -2.52. The molecule has 0 bridgehead atoms. The lowest BCUT2D eigenvalue weighted by atomic mass is 10.1. The Morgan fingerprint density at radius 3 is 2.15 bits per heavy atom. The Morgan fingerprint density at radius 2 is 1.59 bits per heavy atom. The van der Waals surface area contributed by atoms with Crippen LogP contribution in [0.4, 0.5) is 5.69 Å². The smallest absolute Gasteiger partial charge is 0.264 e. The van der Waals surface area contributed by atoms with Crippen LogP contribution in [0.3, 0.4) is 0 Å². The second-order valence-corrected chi connectivity index (χ2v) is 12.4. The first-order valence-electron chi connectivity index (χ1n) is 12.3. The van der Waals surface area contributed by atoms with Crippen LogP contribution in [0.15, 0.2) is 76.1 Å². The summed E-state index contributed by atoms with van der Waals surface area (Å²) in [5.41, 5.74) is 1.65. The van der Waals surface area contributed by atoms with Crippen LogP contribution in [0.25, 0.3) is 0 Å². The molecule has 11 heteroatoms. The molecule has 0 aromatic heterocycles. The van der Waals surface area contributed by atoms with E-state index in [1.165, 1.54) is 17.0 Å². The van der Waals surface area contributed by atoms with E-state index in [-0.39, 0.29) is 17.3 Å². The van der Waals surface area contributed by atoms with E-state index in [0.717, 1.165) is 9.87 Å². The minimum Gasteiger partial charge on any atom is -0.355 e. The normalized spacial score (nSPS) is 12.1. The van der Waals surface area contributed by atoms with Crippen molar-refractivity contribution in [2.75, 3.05) is 17.4 Å². The molecule has 0 saturated heterocycles. The number of anilines is 1. The molecule has 7 nitrogen and oxygen atoms in total. The molecule has 0 spiro atoms. The minimum atomic E-state index is -4.16. The molecule has 0 fully saturated rings. The van der Waals surface area contributed by atoms with Crippen molar-refractivity contribution in [3.05, 3.63) is 92.4 Å². The van der Waals surface area contributed by atoms with Crippen molar-refractivity contribution in [1.29, 1.82) is 0 Å². The summed E-state index contributed by atoms with van der Waals surface area (Å²) in [6.07, 6.45) is 0.293. The van der Waals surface area contributed by atoms with Crippen molar-refractivity contribution < 1.29 is 18.0 Å². The molecule has 0 unspecified atom stereocenters. The Kier molecular flexibility index (Phi) is 10.8. The highest BCUT2D eigenvalue weighted by Gasteiger charge is 2.34. The zero-order chi connectivity index (χ0) is 28.7. The number of carbonyl (C=O) groups is 2. The van der Waals surface area contributed by atoms with E-state index in [1.54, 1.807) is 68.4 Å². The number of nitrogens with one attached hydrogen (secondary N) is 1. The van der Waals surface area contributed by atoms with Crippen molar-refractivity contribution in [2.45, 2.75) is 44.7 Å². The van der Waals surface area contributed by atoms with Gasteiger partial charge in [0.05, 0.1) is 10.6 Å². The Balaban J connectivity index is 2.10. The average molecular weight is 655 g/mol. The second-order valence-electron chi connectivity index (χ2n) is 8.85. The summed E-state index contributed by atoms with van der Waals surface area (Å²) in [7, 11) is -4.16. The van der Waals surface area contributed by atoms with Gasteiger partial charge in [-0.1, -0.05) is 75.9 Å². The van der Waals surface area contributed by atoms with E-state index in [1.807, 2.05) is 6.92 Å². The summed E-state index contributed by atoms with van der Waals surface area (Å²) < 4.78 is 29.4. The van der Waals surface area contributed by atoms with E-state index in [9.17, 15) is 18.0 Å².